The molecule has 0 saturated carbocycles. The maximum atomic E-state index is 13.8. The molecule has 1 saturated heterocycles. The van der Waals surface area contributed by atoms with Crippen LogP contribution in [0.2, 0.25) is 0 Å². The second-order valence-electron chi connectivity index (χ2n) is 8.32. The van der Waals surface area contributed by atoms with Crippen molar-refractivity contribution in [1.82, 2.24) is 8.87 Å². The quantitative estimate of drug-likeness (QED) is 0.418. The first-order chi connectivity index (χ1) is 15.0. The van der Waals surface area contributed by atoms with Crippen molar-refractivity contribution >= 4 is 20.9 Å². The zero-order chi connectivity index (χ0) is 21.4. The van der Waals surface area contributed by atoms with Gasteiger partial charge in [0, 0.05) is 11.9 Å². The molecule has 1 aliphatic rings. The number of benzene rings is 3. The number of likely N-dealkylation sites (tertiary alicyclic amines) is 1. The molecule has 1 aromatic heterocycles. The molecular formula is C26H26N2O2S. The highest BCUT2D eigenvalue weighted by Crippen LogP contribution is 2.38. The van der Waals surface area contributed by atoms with E-state index in [1.165, 1.54) is 5.56 Å². The summed E-state index contributed by atoms with van der Waals surface area (Å²) >= 11 is 0. The lowest BCUT2D eigenvalue weighted by Gasteiger charge is -2.26. The van der Waals surface area contributed by atoms with Crippen molar-refractivity contribution in [1.29, 1.82) is 0 Å². The van der Waals surface area contributed by atoms with E-state index in [9.17, 15) is 8.42 Å². The van der Waals surface area contributed by atoms with Gasteiger partial charge in [0.15, 0.2) is 0 Å². The Kier molecular flexibility index (Phi) is 5.16. The van der Waals surface area contributed by atoms with Gasteiger partial charge in [0.1, 0.15) is 0 Å². The summed E-state index contributed by atoms with van der Waals surface area (Å²) in [6.45, 7) is 3.75. The molecule has 0 spiro atoms. The van der Waals surface area contributed by atoms with Crippen LogP contribution in [0.4, 0.5) is 0 Å². The summed E-state index contributed by atoms with van der Waals surface area (Å²) in [6.07, 6.45) is 2.01. The second-order valence-corrected chi connectivity index (χ2v) is 10.1. The summed E-state index contributed by atoms with van der Waals surface area (Å²) in [5.41, 5.74) is 3.89. The van der Waals surface area contributed by atoms with Gasteiger partial charge in [-0.3, -0.25) is 4.90 Å². The van der Waals surface area contributed by atoms with Gasteiger partial charge in [-0.1, -0.05) is 66.2 Å². The fourth-order valence-corrected chi connectivity index (χ4v) is 6.20. The molecule has 0 bridgehead atoms. The van der Waals surface area contributed by atoms with E-state index >= 15 is 0 Å². The summed E-state index contributed by atoms with van der Waals surface area (Å²) in [7, 11) is -3.71. The highest BCUT2D eigenvalue weighted by molar-refractivity contribution is 7.90. The predicted molar refractivity (Wildman–Crippen MR) is 125 cm³/mol. The summed E-state index contributed by atoms with van der Waals surface area (Å²) in [6, 6.07) is 27.4. The van der Waals surface area contributed by atoms with Crippen LogP contribution in [0.1, 0.15) is 35.7 Å². The van der Waals surface area contributed by atoms with Crippen LogP contribution in [0, 0.1) is 6.92 Å². The van der Waals surface area contributed by atoms with Gasteiger partial charge in [-0.25, -0.2) is 12.4 Å². The van der Waals surface area contributed by atoms with Gasteiger partial charge >= 0.3 is 0 Å². The van der Waals surface area contributed by atoms with Gasteiger partial charge in [-0.2, -0.15) is 0 Å². The van der Waals surface area contributed by atoms with E-state index in [4.69, 9.17) is 0 Å². The predicted octanol–water partition coefficient (Wildman–Crippen LogP) is 5.52. The van der Waals surface area contributed by atoms with E-state index in [0.717, 1.165) is 48.1 Å². The monoisotopic (exact) mass is 430 g/mol. The molecule has 5 heteroatoms. The fourth-order valence-electron chi connectivity index (χ4n) is 4.64. The van der Waals surface area contributed by atoms with E-state index < -0.39 is 10.0 Å². The second kappa shape index (κ2) is 7.98. The Hall–Kier alpha value is -2.89. The zero-order valence-corrected chi connectivity index (χ0v) is 18.4. The van der Waals surface area contributed by atoms with Gasteiger partial charge in [0.05, 0.1) is 22.1 Å². The van der Waals surface area contributed by atoms with Crippen LogP contribution in [-0.2, 0) is 16.6 Å². The number of aromatic nitrogens is 1. The number of fused-ring (bicyclic) bond motifs is 1. The smallest absolute Gasteiger partial charge is 0.268 e. The molecule has 0 amide bonds. The maximum absolute atomic E-state index is 13.8. The first-order valence-electron chi connectivity index (χ1n) is 10.7. The number of para-hydroxylation sites is 1. The van der Waals surface area contributed by atoms with Crippen LogP contribution in [-0.4, -0.2) is 23.8 Å². The molecule has 0 N–H and O–H groups in total. The Balaban J connectivity index is 1.63. The largest absolute Gasteiger partial charge is 0.291 e. The molecule has 1 atom stereocenters. The van der Waals surface area contributed by atoms with Gasteiger partial charge in [0.2, 0.25) is 0 Å². The highest BCUT2D eigenvalue weighted by Gasteiger charge is 2.33. The zero-order valence-electron chi connectivity index (χ0n) is 17.6. The first-order valence-corrected chi connectivity index (χ1v) is 12.2. The van der Waals surface area contributed by atoms with Crippen molar-refractivity contribution in [3.05, 3.63) is 102 Å². The molecule has 0 radical (unpaired) electrons. The van der Waals surface area contributed by atoms with Crippen molar-refractivity contribution in [2.75, 3.05) is 6.54 Å². The molecule has 5 rings (SSSR count). The van der Waals surface area contributed by atoms with E-state index in [1.807, 2.05) is 49.4 Å². The number of rotatable bonds is 5. The van der Waals surface area contributed by atoms with E-state index in [1.54, 1.807) is 16.1 Å². The molecule has 1 unspecified atom stereocenters. The third-order valence-electron chi connectivity index (χ3n) is 6.19. The molecule has 0 aliphatic carbocycles. The van der Waals surface area contributed by atoms with Crippen molar-refractivity contribution in [2.45, 2.75) is 37.2 Å². The third-order valence-corrected chi connectivity index (χ3v) is 7.94. The normalized spacial score (nSPS) is 17.4. The minimum atomic E-state index is -3.71. The third kappa shape index (κ3) is 3.68. The number of aryl methyl sites for hydroxylation is 1. The number of hydrogen-bond acceptors (Lipinski definition) is 3. The SMILES string of the molecule is Cc1ccc(S(=O)(=O)n2c(C3CCCN3Cc3ccccc3)cc3ccccc32)cc1. The highest BCUT2D eigenvalue weighted by atomic mass is 32.2. The Labute approximate surface area is 183 Å². The molecule has 1 aliphatic heterocycles. The lowest BCUT2D eigenvalue weighted by molar-refractivity contribution is 0.244. The average molecular weight is 431 g/mol. The van der Waals surface area contributed by atoms with E-state index in [2.05, 4.69) is 35.2 Å². The molecule has 2 heterocycles. The summed E-state index contributed by atoms with van der Waals surface area (Å²) in [5, 5.41) is 0.958. The minimum absolute atomic E-state index is 0.0628. The van der Waals surface area contributed by atoms with Crippen LogP contribution in [0.5, 0.6) is 0 Å². The van der Waals surface area contributed by atoms with Crippen molar-refractivity contribution < 1.29 is 8.42 Å². The van der Waals surface area contributed by atoms with Crippen molar-refractivity contribution in [3.63, 3.8) is 0 Å². The molecule has 4 nitrogen and oxygen atoms in total. The Morgan fingerprint density at radius 3 is 2.39 bits per heavy atom. The Morgan fingerprint density at radius 1 is 0.903 bits per heavy atom. The van der Waals surface area contributed by atoms with E-state index in [0.29, 0.717) is 4.90 Å². The van der Waals surface area contributed by atoms with Crippen molar-refractivity contribution in [3.8, 4) is 0 Å². The molecular weight excluding hydrogens is 404 g/mol. The summed E-state index contributed by atoms with van der Waals surface area (Å²) < 4.78 is 29.2. The Bertz CT molecular complexity index is 1310. The van der Waals surface area contributed by atoms with Crippen LogP contribution < -0.4 is 0 Å². The first kappa shape index (κ1) is 20.0. The van der Waals surface area contributed by atoms with Gasteiger partial charge in [-0.05, 0) is 56.1 Å². The van der Waals surface area contributed by atoms with Gasteiger partial charge in [-0.15, -0.1) is 0 Å². The van der Waals surface area contributed by atoms with Crippen LogP contribution in [0.25, 0.3) is 10.9 Å². The van der Waals surface area contributed by atoms with Crippen LogP contribution >= 0.6 is 0 Å². The summed E-state index contributed by atoms with van der Waals surface area (Å²) in [5.74, 6) is 0. The lowest BCUT2D eigenvalue weighted by Crippen LogP contribution is -2.26. The standard InChI is InChI=1S/C26H26N2O2S/c1-20-13-15-23(16-14-20)31(29,30)28-24-11-6-5-10-22(24)18-26(28)25-12-7-17-27(25)19-21-8-3-2-4-9-21/h2-6,8-11,13-16,18,25H,7,12,17,19H2,1H3. The molecule has 158 valence electrons. The van der Waals surface area contributed by atoms with Gasteiger partial charge in [0.25, 0.3) is 10.0 Å². The number of hydrogen-bond donors (Lipinski definition) is 0. The summed E-state index contributed by atoms with van der Waals surface area (Å²) in [4.78, 5) is 2.73. The van der Waals surface area contributed by atoms with E-state index in [-0.39, 0.29) is 6.04 Å². The van der Waals surface area contributed by atoms with Crippen LogP contribution in [0.3, 0.4) is 0 Å². The minimum Gasteiger partial charge on any atom is -0.291 e. The molecule has 1 fully saturated rings. The van der Waals surface area contributed by atoms with Crippen LogP contribution in [0.15, 0.2) is 89.8 Å². The van der Waals surface area contributed by atoms with Crippen molar-refractivity contribution in [2.24, 2.45) is 0 Å². The molecule has 31 heavy (non-hydrogen) atoms. The topological polar surface area (TPSA) is 42.3 Å². The average Bonchev–Trinajstić information content (AvgIpc) is 3.39. The number of nitrogens with zero attached hydrogens (tertiary/aromatic N) is 2. The van der Waals surface area contributed by atoms with Gasteiger partial charge < -0.3 is 0 Å². The Morgan fingerprint density at radius 2 is 1.61 bits per heavy atom. The fraction of sp³-hybridized carbons (Fsp3) is 0.231. The molecule has 4 aromatic rings. The lowest BCUT2D eigenvalue weighted by atomic mass is 10.1. The molecule has 3 aromatic carbocycles. The maximum Gasteiger partial charge on any atom is 0.268 e.